The number of anilines is 2. The number of nitrogens with zero attached hydrogens (tertiary/aromatic N) is 2. The summed E-state index contributed by atoms with van der Waals surface area (Å²) in [6, 6.07) is 0. The standard InChI is InChI=1S/C13H22N2S2/c1-5-6-7-8-9-15(4)11-10(14(2)3)12(16)13(11)17/h5-9H2,1-4H3. The molecule has 0 aliphatic heterocycles. The van der Waals surface area contributed by atoms with E-state index in [0.717, 1.165) is 26.9 Å². The largest absolute Gasteiger partial charge is 0.375 e. The summed E-state index contributed by atoms with van der Waals surface area (Å²) in [4.78, 5) is 4.32. The van der Waals surface area contributed by atoms with Gasteiger partial charge in [-0.1, -0.05) is 50.6 Å². The van der Waals surface area contributed by atoms with Crippen molar-refractivity contribution in [2.45, 2.75) is 32.6 Å². The highest BCUT2D eigenvalue weighted by molar-refractivity contribution is 7.74. The Balaban J connectivity index is 2.64. The second-order valence-electron chi connectivity index (χ2n) is 4.73. The third kappa shape index (κ3) is 3.26. The Morgan fingerprint density at radius 1 is 0.882 bits per heavy atom. The zero-order valence-corrected chi connectivity index (χ0v) is 12.9. The summed E-state index contributed by atoms with van der Waals surface area (Å²) in [7, 11) is 6.15. The molecule has 96 valence electrons. The molecule has 0 radical (unpaired) electrons. The van der Waals surface area contributed by atoms with Crippen LogP contribution in [-0.2, 0) is 0 Å². The van der Waals surface area contributed by atoms with Crippen molar-refractivity contribution < 1.29 is 0 Å². The zero-order chi connectivity index (χ0) is 13.0. The van der Waals surface area contributed by atoms with Gasteiger partial charge in [0.15, 0.2) is 0 Å². The van der Waals surface area contributed by atoms with E-state index >= 15 is 0 Å². The normalized spacial score (nSPS) is 10.8. The molecule has 0 aromatic heterocycles. The van der Waals surface area contributed by atoms with Crippen molar-refractivity contribution in [3.63, 3.8) is 0 Å². The number of unbranched alkanes of at least 4 members (excludes halogenated alkanes) is 3. The van der Waals surface area contributed by atoms with Gasteiger partial charge in [-0.15, -0.1) is 0 Å². The van der Waals surface area contributed by atoms with Crippen molar-refractivity contribution >= 4 is 35.8 Å². The molecule has 1 aromatic rings. The van der Waals surface area contributed by atoms with Crippen LogP contribution in [0.4, 0.5) is 11.4 Å². The molecule has 0 fully saturated rings. The fourth-order valence-electron chi connectivity index (χ4n) is 2.02. The van der Waals surface area contributed by atoms with Crippen LogP contribution in [0.1, 0.15) is 32.6 Å². The van der Waals surface area contributed by atoms with E-state index in [2.05, 4.69) is 23.8 Å². The maximum Gasteiger partial charge on any atom is 0.0834 e. The Morgan fingerprint density at radius 3 is 2.00 bits per heavy atom. The van der Waals surface area contributed by atoms with Gasteiger partial charge in [0, 0.05) is 27.7 Å². The number of rotatable bonds is 7. The second-order valence-corrected chi connectivity index (χ2v) is 5.55. The molecule has 0 aliphatic carbocycles. The SMILES string of the molecule is CCCCCCN(C)c1c(N(C)C)c(=S)c1=S. The molecule has 0 saturated heterocycles. The minimum atomic E-state index is 0.848. The smallest absolute Gasteiger partial charge is 0.0834 e. The molecule has 1 aromatic carbocycles. The summed E-state index contributed by atoms with van der Waals surface area (Å²) in [5.74, 6) is 0. The quantitative estimate of drug-likeness (QED) is 0.543. The van der Waals surface area contributed by atoms with Gasteiger partial charge in [0.05, 0.1) is 20.4 Å². The van der Waals surface area contributed by atoms with Gasteiger partial charge in [0.25, 0.3) is 0 Å². The van der Waals surface area contributed by atoms with E-state index in [9.17, 15) is 0 Å². The van der Waals surface area contributed by atoms with Crippen LogP contribution in [0.5, 0.6) is 0 Å². The summed E-state index contributed by atoms with van der Waals surface area (Å²) in [6.45, 7) is 3.30. The van der Waals surface area contributed by atoms with Crippen LogP contribution in [0, 0.1) is 9.02 Å². The Hall–Kier alpha value is -0.480. The molecule has 0 N–H and O–H groups in total. The predicted octanol–water partition coefficient (Wildman–Crippen LogP) is 4.10. The first-order chi connectivity index (χ1) is 8.00. The Morgan fingerprint density at radius 2 is 1.47 bits per heavy atom. The fourth-order valence-corrected chi connectivity index (χ4v) is 2.75. The van der Waals surface area contributed by atoms with E-state index < -0.39 is 0 Å². The highest BCUT2D eigenvalue weighted by Gasteiger charge is 2.19. The fraction of sp³-hybridized carbons (Fsp3) is 0.692. The van der Waals surface area contributed by atoms with Crippen LogP contribution in [0.15, 0.2) is 0 Å². The lowest BCUT2D eigenvalue weighted by molar-refractivity contribution is 0.660. The lowest BCUT2D eigenvalue weighted by atomic mass is 10.1. The summed E-state index contributed by atoms with van der Waals surface area (Å²) in [5, 5.41) is 0. The third-order valence-electron chi connectivity index (χ3n) is 3.04. The molecule has 1 rings (SSSR count). The zero-order valence-electron chi connectivity index (χ0n) is 11.2. The van der Waals surface area contributed by atoms with Gasteiger partial charge in [-0.25, -0.2) is 0 Å². The van der Waals surface area contributed by atoms with Crippen molar-refractivity contribution in [1.82, 2.24) is 0 Å². The van der Waals surface area contributed by atoms with E-state index in [1.54, 1.807) is 0 Å². The van der Waals surface area contributed by atoms with E-state index in [4.69, 9.17) is 24.4 Å². The predicted molar refractivity (Wildman–Crippen MR) is 82.2 cm³/mol. The molecule has 0 spiro atoms. The van der Waals surface area contributed by atoms with Crippen molar-refractivity contribution in [2.24, 2.45) is 0 Å². The summed E-state index contributed by atoms with van der Waals surface area (Å²) in [6.07, 6.45) is 5.11. The van der Waals surface area contributed by atoms with Gasteiger partial charge in [0.1, 0.15) is 0 Å². The van der Waals surface area contributed by atoms with Crippen molar-refractivity contribution in [3.8, 4) is 0 Å². The van der Waals surface area contributed by atoms with Gasteiger partial charge in [-0.2, -0.15) is 0 Å². The van der Waals surface area contributed by atoms with Crippen LogP contribution in [0.25, 0.3) is 0 Å². The van der Waals surface area contributed by atoms with E-state index in [0.29, 0.717) is 0 Å². The van der Waals surface area contributed by atoms with Crippen molar-refractivity contribution in [1.29, 1.82) is 0 Å². The minimum absolute atomic E-state index is 0.848. The maximum atomic E-state index is 5.33. The van der Waals surface area contributed by atoms with Crippen molar-refractivity contribution in [3.05, 3.63) is 9.02 Å². The van der Waals surface area contributed by atoms with Gasteiger partial charge in [-0.05, 0) is 6.42 Å². The van der Waals surface area contributed by atoms with Gasteiger partial charge in [0.2, 0.25) is 0 Å². The average Bonchev–Trinajstić information content (AvgIpc) is 2.29. The molecule has 0 amide bonds. The van der Waals surface area contributed by atoms with E-state index in [1.807, 2.05) is 14.1 Å². The first-order valence-corrected chi connectivity index (χ1v) is 7.04. The Bertz CT molecular complexity index is 431. The van der Waals surface area contributed by atoms with Crippen LogP contribution >= 0.6 is 24.4 Å². The first kappa shape index (κ1) is 14.6. The molecule has 0 saturated carbocycles. The van der Waals surface area contributed by atoms with E-state index in [1.165, 1.54) is 25.7 Å². The molecule has 0 heterocycles. The lowest BCUT2D eigenvalue weighted by Crippen LogP contribution is -2.25. The highest BCUT2D eigenvalue weighted by atomic mass is 32.1. The number of hydrogen-bond acceptors (Lipinski definition) is 4. The van der Waals surface area contributed by atoms with Crippen molar-refractivity contribution in [2.75, 3.05) is 37.5 Å². The molecule has 17 heavy (non-hydrogen) atoms. The topological polar surface area (TPSA) is 6.48 Å². The molecule has 2 nitrogen and oxygen atoms in total. The summed E-state index contributed by atoms with van der Waals surface area (Å²) in [5.41, 5.74) is 2.29. The average molecular weight is 270 g/mol. The molecule has 0 bridgehead atoms. The van der Waals surface area contributed by atoms with Gasteiger partial charge >= 0.3 is 0 Å². The molecular formula is C13H22N2S2. The van der Waals surface area contributed by atoms with Crippen LogP contribution in [-0.4, -0.2) is 27.7 Å². The lowest BCUT2D eigenvalue weighted by Gasteiger charge is -2.28. The molecule has 0 unspecified atom stereocenters. The van der Waals surface area contributed by atoms with Crippen LogP contribution in [0.2, 0.25) is 0 Å². The molecule has 0 atom stereocenters. The van der Waals surface area contributed by atoms with Crippen LogP contribution in [0.3, 0.4) is 0 Å². The molecule has 4 heteroatoms. The first-order valence-electron chi connectivity index (χ1n) is 6.22. The summed E-state index contributed by atoms with van der Waals surface area (Å²) < 4.78 is 1.71. The van der Waals surface area contributed by atoms with Gasteiger partial charge in [-0.3, -0.25) is 0 Å². The Labute approximate surface area is 115 Å². The van der Waals surface area contributed by atoms with Gasteiger partial charge < -0.3 is 9.80 Å². The van der Waals surface area contributed by atoms with E-state index in [-0.39, 0.29) is 0 Å². The summed E-state index contributed by atoms with van der Waals surface area (Å²) >= 11 is 10.6. The minimum Gasteiger partial charge on any atom is -0.375 e. The third-order valence-corrected chi connectivity index (χ3v) is 3.96. The van der Waals surface area contributed by atoms with Crippen LogP contribution < -0.4 is 9.80 Å². The molecule has 0 aliphatic rings. The second kappa shape index (κ2) is 6.45. The maximum absolute atomic E-state index is 5.33. The Kier molecular flexibility index (Phi) is 5.53. The highest BCUT2D eigenvalue weighted by Crippen LogP contribution is 2.37. The number of hydrogen-bond donors (Lipinski definition) is 0. The molecular weight excluding hydrogens is 248 g/mol. The monoisotopic (exact) mass is 270 g/mol.